The molecular weight excluding hydrogens is 332 g/mol. The monoisotopic (exact) mass is 352 g/mol. The summed E-state index contributed by atoms with van der Waals surface area (Å²) in [6.45, 7) is 2.57. The number of hydrogen-bond acceptors (Lipinski definition) is 6. The number of rotatable bonds is 6. The molecule has 8 heteroatoms. The number of nitrogens with one attached hydrogen (secondary N) is 1. The smallest absolute Gasteiger partial charge is 0.251 e. The van der Waals surface area contributed by atoms with E-state index in [9.17, 15) is 4.79 Å². The molecule has 0 aliphatic carbocycles. The Balaban J connectivity index is 1.42. The number of aromatic nitrogens is 4. The van der Waals surface area contributed by atoms with Gasteiger partial charge in [0.2, 0.25) is 0 Å². The summed E-state index contributed by atoms with van der Waals surface area (Å²) < 4.78 is 7.13. The van der Waals surface area contributed by atoms with Gasteiger partial charge in [0.05, 0.1) is 18.0 Å². The maximum Gasteiger partial charge on any atom is 0.251 e. The van der Waals surface area contributed by atoms with Gasteiger partial charge in [-0.3, -0.25) is 9.69 Å². The van der Waals surface area contributed by atoms with Gasteiger partial charge in [0.15, 0.2) is 0 Å². The number of hydrogen-bond donors (Lipinski definition) is 1. The molecule has 1 N–H and O–H groups in total. The highest BCUT2D eigenvalue weighted by atomic mass is 16.3. The van der Waals surface area contributed by atoms with Crippen LogP contribution in [0.5, 0.6) is 0 Å². The van der Waals surface area contributed by atoms with Crippen molar-refractivity contribution < 1.29 is 9.21 Å². The van der Waals surface area contributed by atoms with Crippen LogP contribution in [0, 0.1) is 0 Å². The molecule has 2 aromatic heterocycles. The van der Waals surface area contributed by atoms with Crippen molar-refractivity contribution in [3.63, 3.8) is 0 Å². The zero-order valence-corrected chi connectivity index (χ0v) is 14.3. The minimum atomic E-state index is -0.107. The zero-order valence-electron chi connectivity index (χ0n) is 14.3. The van der Waals surface area contributed by atoms with Gasteiger partial charge in [-0.05, 0) is 72.8 Å². The van der Waals surface area contributed by atoms with Gasteiger partial charge in [-0.1, -0.05) is 0 Å². The van der Waals surface area contributed by atoms with Gasteiger partial charge in [-0.15, -0.1) is 5.10 Å². The summed E-state index contributed by atoms with van der Waals surface area (Å²) in [7, 11) is 0. The van der Waals surface area contributed by atoms with Crippen LogP contribution in [0.15, 0.2) is 53.4 Å². The normalized spacial score (nSPS) is 15.8. The second-order valence-corrected chi connectivity index (χ2v) is 6.29. The van der Waals surface area contributed by atoms with Crippen LogP contribution in [0.3, 0.4) is 0 Å². The van der Waals surface area contributed by atoms with E-state index in [1.54, 1.807) is 23.1 Å². The molecule has 3 heterocycles. The largest absolute Gasteiger partial charge is 0.468 e. The highest BCUT2D eigenvalue weighted by molar-refractivity contribution is 5.94. The molecule has 0 bridgehead atoms. The van der Waals surface area contributed by atoms with E-state index < -0.39 is 0 Å². The summed E-state index contributed by atoms with van der Waals surface area (Å²) >= 11 is 0. The van der Waals surface area contributed by atoms with Gasteiger partial charge in [0.1, 0.15) is 12.1 Å². The van der Waals surface area contributed by atoms with Crippen molar-refractivity contribution in [2.75, 3.05) is 19.6 Å². The van der Waals surface area contributed by atoms with E-state index >= 15 is 0 Å². The first-order chi connectivity index (χ1) is 12.8. The third-order valence-electron chi connectivity index (χ3n) is 4.65. The van der Waals surface area contributed by atoms with Crippen LogP contribution < -0.4 is 5.32 Å². The topological polar surface area (TPSA) is 89.1 Å². The van der Waals surface area contributed by atoms with Crippen LogP contribution in [-0.2, 0) is 0 Å². The fourth-order valence-corrected chi connectivity index (χ4v) is 3.28. The SMILES string of the molecule is O=C(NC[C@@H](c1ccco1)N1CCCC1)c1ccc(-n2cnnn2)cc1. The molecule has 4 rings (SSSR count). The Kier molecular flexibility index (Phi) is 4.74. The molecule has 0 unspecified atom stereocenters. The molecule has 0 saturated carbocycles. The first-order valence-electron chi connectivity index (χ1n) is 8.70. The Labute approximate surface area is 150 Å². The van der Waals surface area contributed by atoms with E-state index in [-0.39, 0.29) is 11.9 Å². The number of carbonyl (C=O) groups excluding carboxylic acids is 1. The second kappa shape index (κ2) is 7.49. The van der Waals surface area contributed by atoms with Crippen molar-refractivity contribution in [1.29, 1.82) is 0 Å². The van der Waals surface area contributed by atoms with E-state index in [4.69, 9.17) is 4.42 Å². The van der Waals surface area contributed by atoms with E-state index in [0.29, 0.717) is 12.1 Å². The molecule has 26 heavy (non-hydrogen) atoms. The number of likely N-dealkylation sites (tertiary alicyclic amines) is 1. The van der Waals surface area contributed by atoms with Crippen LogP contribution in [0.25, 0.3) is 5.69 Å². The Hall–Kier alpha value is -3.00. The van der Waals surface area contributed by atoms with Gasteiger partial charge in [-0.25, -0.2) is 4.68 Å². The summed E-state index contributed by atoms with van der Waals surface area (Å²) in [6, 6.07) is 11.1. The van der Waals surface area contributed by atoms with Gasteiger partial charge >= 0.3 is 0 Å². The Bertz CT molecular complexity index is 823. The summed E-state index contributed by atoms with van der Waals surface area (Å²) in [5.74, 6) is 0.783. The summed E-state index contributed by atoms with van der Waals surface area (Å²) in [4.78, 5) is 14.9. The van der Waals surface area contributed by atoms with Crippen LogP contribution in [0.2, 0.25) is 0 Å². The molecule has 1 amide bonds. The fourth-order valence-electron chi connectivity index (χ4n) is 3.28. The molecule has 1 aromatic carbocycles. The third-order valence-corrected chi connectivity index (χ3v) is 4.65. The number of furan rings is 1. The lowest BCUT2D eigenvalue weighted by Crippen LogP contribution is -2.36. The van der Waals surface area contributed by atoms with Crippen molar-refractivity contribution in [2.45, 2.75) is 18.9 Å². The molecule has 134 valence electrons. The van der Waals surface area contributed by atoms with Crippen LogP contribution in [0.4, 0.5) is 0 Å². The molecule has 8 nitrogen and oxygen atoms in total. The lowest BCUT2D eigenvalue weighted by Gasteiger charge is -2.26. The van der Waals surface area contributed by atoms with Crippen molar-refractivity contribution in [3.8, 4) is 5.69 Å². The average Bonchev–Trinajstić information content (AvgIpc) is 3.45. The average molecular weight is 352 g/mol. The van der Waals surface area contributed by atoms with Crippen LogP contribution in [0.1, 0.15) is 35.0 Å². The molecule has 1 saturated heterocycles. The molecule has 0 spiro atoms. The van der Waals surface area contributed by atoms with E-state index in [1.807, 2.05) is 24.3 Å². The Morgan fingerprint density at radius 3 is 2.65 bits per heavy atom. The first kappa shape index (κ1) is 16.5. The number of benzene rings is 1. The maximum atomic E-state index is 12.5. The summed E-state index contributed by atoms with van der Waals surface area (Å²) in [6.07, 6.45) is 5.56. The minimum Gasteiger partial charge on any atom is -0.468 e. The lowest BCUT2D eigenvalue weighted by atomic mass is 10.1. The molecule has 1 fully saturated rings. The van der Waals surface area contributed by atoms with Crippen LogP contribution in [-0.4, -0.2) is 50.6 Å². The number of tetrazole rings is 1. The number of nitrogens with zero attached hydrogens (tertiary/aromatic N) is 5. The molecule has 0 radical (unpaired) electrons. The van der Waals surface area contributed by atoms with Crippen molar-refractivity contribution in [3.05, 3.63) is 60.3 Å². The predicted octanol–water partition coefficient (Wildman–Crippen LogP) is 1.82. The fraction of sp³-hybridized carbons (Fsp3) is 0.333. The maximum absolute atomic E-state index is 12.5. The molecule has 1 atom stereocenters. The number of carbonyl (C=O) groups is 1. The van der Waals surface area contributed by atoms with E-state index in [1.165, 1.54) is 19.2 Å². The first-order valence-corrected chi connectivity index (χ1v) is 8.70. The Morgan fingerprint density at radius 2 is 2.00 bits per heavy atom. The standard InChI is InChI=1S/C18H20N6O2/c25-18(14-5-7-15(8-6-14)24-13-20-21-22-24)19-12-16(17-4-3-11-26-17)23-9-1-2-10-23/h3-8,11,13,16H,1-2,9-10,12H2,(H,19,25)/t16-/m0/s1. The molecule has 3 aromatic rings. The highest BCUT2D eigenvalue weighted by Crippen LogP contribution is 2.25. The quantitative estimate of drug-likeness (QED) is 0.728. The van der Waals surface area contributed by atoms with Crippen LogP contribution >= 0.6 is 0 Å². The van der Waals surface area contributed by atoms with Gasteiger partial charge < -0.3 is 9.73 Å². The minimum absolute atomic E-state index is 0.0666. The summed E-state index contributed by atoms with van der Waals surface area (Å²) in [5.41, 5.74) is 1.40. The third kappa shape index (κ3) is 3.50. The molecule has 1 aliphatic rings. The predicted molar refractivity (Wildman–Crippen MR) is 93.7 cm³/mol. The van der Waals surface area contributed by atoms with E-state index in [0.717, 1.165) is 24.5 Å². The summed E-state index contributed by atoms with van der Waals surface area (Å²) in [5, 5.41) is 14.1. The van der Waals surface area contributed by atoms with Gasteiger partial charge in [0.25, 0.3) is 5.91 Å². The Morgan fingerprint density at radius 1 is 1.19 bits per heavy atom. The van der Waals surface area contributed by atoms with E-state index in [2.05, 4.69) is 25.7 Å². The lowest BCUT2D eigenvalue weighted by molar-refractivity contribution is 0.0934. The van der Waals surface area contributed by atoms with Gasteiger partial charge in [0, 0.05) is 12.1 Å². The molecular formula is C18H20N6O2. The van der Waals surface area contributed by atoms with Gasteiger partial charge in [-0.2, -0.15) is 0 Å². The van der Waals surface area contributed by atoms with Crippen molar-refractivity contribution in [2.24, 2.45) is 0 Å². The second-order valence-electron chi connectivity index (χ2n) is 6.29. The van der Waals surface area contributed by atoms with Crippen molar-refractivity contribution in [1.82, 2.24) is 30.4 Å². The highest BCUT2D eigenvalue weighted by Gasteiger charge is 2.26. The number of amides is 1. The molecule has 1 aliphatic heterocycles. The van der Waals surface area contributed by atoms with Crippen molar-refractivity contribution >= 4 is 5.91 Å². The zero-order chi connectivity index (χ0) is 17.8.